The quantitative estimate of drug-likeness (QED) is 0.468. The van der Waals surface area contributed by atoms with Crippen molar-refractivity contribution in [1.29, 1.82) is 0 Å². The number of nitrogens with zero attached hydrogens (tertiary/aromatic N) is 1. The fraction of sp³-hybridized carbons (Fsp3) is 0.0909. The van der Waals surface area contributed by atoms with Gasteiger partial charge in [0, 0.05) is 5.56 Å². The molecule has 0 radical (unpaired) electrons. The molecular formula is C11H11N3O3. The maximum absolute atomic E-state index is 11.4. The van der Waals surface area contributed by atoms with Crippen molar-refractivity contribution in [3.8, 4) is 17.1 Å². The van der Waals surface area contributed by atoms with Crippen molar-refractivity contribution in [2.75, 3.05) is 7.11 Å². The fourth-order valence-electron chi connectivity index (χ4n) is 1.42. The first kappa shape index (κ1) is 11.2. The Labute approximate surface area is 97.4 Å². The molecule has 6 nitrogen and oxygen atoms in total. The number of nitrogens with one attached hydrogen (secondary N) is 1. The van der Waals surface area contributed by atoms with Crippen LogP contribution in [0.1, 0.15) is 10.5 Å². The van der Waals surface area contributed by atoms with Crippen molar-refractivity contribution >= 4 is 5.91 Å². The van der Waals surface area contributed by atoms with Gasteiger partial charge in [0.1, 0.15) is 5.75 Å². The molecule has 2 aromatic rings. The van der Waals surface area contributed by atoms with Gasteiger partial charge in [0.15, 0.2) is 17.8 Å². The highest BCUT2D eigenvalue weighted by atomic mass is 16.5. The number of ether oxygens (including phenoxy) is 1. The minimum atomic E-state index is -0.496. The second-order valence-electron chi connectivity index (χ2n) is 3.23. The zero-order chi connectivity index (χ0) is 12.3. The minimum absolute atomic E-state index is 0.151. The van der Waals surface area contributed by atoms with Gasteiger partial charge in [-0.05, 0) is 24.3 Å². The summed E-state index contributed by atoms with van der Waals surface area (Å²) < 4.78 is 10.2. The van der Waals surface area contributed by atoms with Crippen molar-refractivity contribution in [3.05, 3.63) is 36.4 Å². The van der Waals surface area contributed by atoms with Crippen LogP contribution >= 0.6 is 0 Å². The molecule has 17 heavy (non-hydrogen) atoms. The Hall–Kier alpha value is -2.34. The van der Waals surface area contributed by atoms with Crippen LogP contribution in [0.25, 0.3) is 11.3 Å². The van der Waals surface area contributed by atoms with Crippen LogP contribution in [0.3, 0.4) is 0 Å². The summed E-state index contributed by atoms with van der Waals surface area (Å²) in [6.07, 6.45) is 1.20. The Kier molecular flexibility index (Phi) is 3.06. The lowest BCUT2D eigenvalue weighted by Gasteiger charge is -2.02. The van der Waals surface area contributed by atoms with Gasteiger partial charge < -0.3 is 9.15 Å². The molecular weight excluding hydrogens is 222 g/mol. The number of benzene rings is 1. The molecule has 1 aromatic heterocycles. The Bertz CT molecular complexity index is 519. The number of nitrogen functional groups attached to an aromatic ring is 1. The number of hydrogen-bond acceptors (Lipinski definition) is 5. The highest BCUT2D eigenvalue weighted by Crippen LogP contribution is 2.25. The topological polar surface area (TPSA) is 90.4 Å². The molecule has 0 aliphatic heterocycles. The van der Waals surface area contributed by atoms with E-state index < -0.39 is 5.91 Å². The van der Waals surface area contributed by atoms with E-state index in [0.29, 0.717) is 5.76 Å². The van der Waals surface area contributed by atoms with E-state index in [4.69, 9.17) is 15.0 Å². The number of hydrogen-bond donors (Lipinski definition) is 2. The summed E-state index contributed by atoms with van der Waals surface area (Å²) in [4.78, 5) is 15.2. The highest BCUT2D eigenvalue weighted by Gasteiger charge is 2.17. The van der Waals surface area contributed by atoms with Gasteiger partial charge in [-0.15, -0.1) is 0 Å². The summed E-state index contributed by atoms with van der Waals surface area (Å²) in [6, 6.07) is 7.07. The molecule has 0 unspecified atom stereocenters. The number of oxazole rings is 1. The van der Waals surface area contributed by atoms with Crippen LogP contribution in [0.5, 0.6) is 5.75 Å². The van der Waals surface area contributed by atoms with Gasteiger partial charge in [0.25, 0.3) is 5.91 Å². The predicted molar refractivity (Wildman–Crippen MR) is 60.1 cm³/mol. The van der Waals surface area contributed by atoms with E-state index in [-0.39, 0.29) is 5.69 Å². The molecule has 0 atom stereocenters. The van der Waals surface area contributed by atoms with E-state index in [0.717, 1.165) is 11.3 Å². The number of methoxy groups -OCH3 is 1. The molecule has 2 rings (SSSR count). The number of rotatable bonds is 3. The summed E-state index contributed by atoms with van der Waals surface area (Å²) >= 11 is 0. The third kappa shape index (κ3) is 2.11. The maximum atomic E-state index is 11.4. The van der Waals surface area contributed by atoms with Crippen molar-refractivity contribution in [1.82, 2.24) is 10.4 Å². The fourth-order valence-corrected chi connectivity index (χ4v) is 1.42. The van der Waals surface area contributed by atoms with E-state index in [1.165, 1.54) is 6.39 Å². The summed E-state index contributed by atoms with van der Waals surface area (Å²) in [6.45, 7) is 0. The smallest absolute Gasteiger partial charge is 0.287 e. The lowest BCUT2D eigenvalue weighted by Crippen LogP contribution is -2.30. The van der Waals surface area contributed by atoms with E-state index in [9.17, 15) is 4.79 Å². The second-order valence-corrected chi connectivity index (χ2v) is 3.23. The predicted octanol–water partition coefficient (Wildman–Crippen LogP) is 0.954. The molecule has 0 spiro atoms. The van der Waals surface area contributed by atoms with E-state index in [1.807, 2.05) is 5.43 Å². The summed E-state index contributed by atoms with van der Waals surface area (Å²) in [5.74, 6) is 5.65. The van der Waals surface area contributed by atoms with Crippen LogP contribution in [-0.2, 0) is 0 Å². The van der Waals surface area contributed by atoms with Crippen molar-refractivity contribution in [2.24, 2.45) is 5.84 Å². The summed E-state index contributed by atoms with van der Waals surface area (Å²) in [5.41, 5.74) is 2.89. The SMILES string of the molecule is COc1ccc(-c2ocnc2C(=O)NN)cc1. The third-order valence-electron chi connectivity index (χ3n) is 2.27. The lowest BCUT2D eigenvalue weighted by atomic mass is 10.1. The van der Waals surface area contributed by atoms with Crippen molar-refractivity contribution < 1.29 is 13.9 Å². The minimum Gasteiger partial charge on any atom is -0.497 e. The standard InChI is InChI=1S/C11H11N3O3/c1-16-8-4-2-7(3-5-8)10-9(11(15)14-12)13-6-17-10/h2-6H,12H2,1H3,(H,14,15). The monoisotopic (exact) mass is 233 g/mol. The molecule has 1 heterocycles. The lowest BCUT2D eigenvalue weighted by molar-refractivity contribution is 0.0949. The summed E-state index contributed by atoms with van der Waals surface area (Å²) in [5, 5.41) is 0. The van der Waals surface area contributed by atoms with Gasteiger partial charge in [-0.3, -0.25) is 10.2 Å². The molecule has 0 bridgehead atoms. The van der Waals surface area contributed by atoms with Gasteiger partial charge in [0.05, 0.1) is 7.11 Å². The van der Waals surface area contributed by atoms with Gasteiger partial charge in [0.2, 0.25) is 0 Å². The molecule has 0 aliphatic carbocycles. The van der Waals surface area contributed by atoms with Crippen LogP contribution in [-0.4, -0.2) is 18.0 Å². The van der Waals surface area contributed by atoms with Crippen molar-refractivity contribution in [3.63, 3.8) is 0 Å². The first-order chi connectivity index (χ1) is 8.26. The average molecular weight is 233 g/mol. The summed E-state index contributed by atoms with van der Waals surface area (Å²) in [7, 11) is 1.58. The zero-order valence-electron chi connectivity index (χ0n) is 9.14. The van der Waals surface area contributed by atoms with Gasteiger partial charge in [-0.25, -0.2) is 10.8 Å². The van der Waals surface area contributed by atoms with Crippen molar-refractivity contribution in [2.45, 2.75) is 0 Å². The highest BCUT2D eigenvalue weighted by molar-refractivity contribution is 5.97. The largest absolute Gasteiger partial charge is 0.497 e. The first-order valence-corrected chi connectivity index (χ1v) is 4.85. The van der Waals surface area contributed by atoms with E-state index in [1.54, 1.807) is 31.4 Å². The Balaban J connectivity index is 2.39. The Morgan fingerprint density at radius 2 is 2.12 bits per heavy atom. The number of carbonyl (C=O) groups excluding carboxylic acids is 1. The number of hydrazine groups is 1. The molecule has 3 N–H and O–H groups in total. The molecule has 0 saturated carbocycles. The van der Waals surface area contributed by atoms with Crippen LogP contribution in [0.2, 0.25) is 0 Å². The average Bonchev–Trinajstić information content (AvgIpc) is 2.87. The Morgan fingerprint density at radius 1 is 1.41 bits per heavy atom. The number of aromatic nitrogens is 1. The number of amides is 1. The second kappa shape index (κ2) is 4.67. The Morgan fingerprint density at radius 3 is 2.71 bits per heavy atom. The first-order valence-electron chi connectivity index (χ1n) is 4.85. The normalized spacial score (nSPS) is 10.0. The molecule has 6 heteroatoms. The van der Waals surface area contributed by atoms with Gasteiger partial charge in [-0.2, -0.15) is 0 Å². The van der Waals surface area contributed by atoms with Crippen LogP contribution < -0.4 is 16.0 Å². The molecule has 1 aromatic carbocycles. The molecule has 88 valence electrons. The molecule has 0 fully saturated rings. The molecule has 0 saturated heterocycles. The maximum Gasteiger partial charge on any atom is 0.287 e. The van der Waals surface area contributed by atoms with Gasteiger partial charge in [-0.1, -0.05) is 0 Å². The zero-order valence-corrected chi connectivity index (χ0v) is 9.14. The van der Waals surface area contributed by atoms with Gasteiger partial charge >= 0.3 is 0 Å². The van der Waals surface area contributed by atoms with E-state index >= 15 is 0 Å². The third-order valence-corrected chi connectivity index (χ3v) is 2.27. The molecule has 0 aliphatic rings. The van der Waals surface area contributed by atoms with Crippen LogP contribution in [0.4, 0.5) is 0 Å². The number of carbonyl (C=O) groups is 1. The molecule has 1 amide bonds. The van der Waals surface area contributed by atoms with Crippen LogP contribution in [0, 0.1) is 0 Å². The van der Waals surface area contributed by atoms with E-state index in [2.05, 4.69) is 4.98 Å². The van der Waals surface area contributed by atoms with Crippen LogP contribution in [0.15, 0.2) is 35.1 Å². The number of nitrogens with two attached hydrogens (primary N) is 1.